The van der Waals surface area contributed by atoms with Gasteiger partial charge in [0.05, 0.1) is 0 Å². The highest BCUT2D eigenvalue weighted by Gasteiger charge is 2.13. The first-order chi connectivity index (χ1) is 9.61. The molecular formula is C16H16F3N. The average molecular weight is 279 g/mol. The molecule has 1 atom stereocenters. The molecule has 1 nitrogen and oxygen atoms in total. The first kappa shape index (κ1) is 14.6. The molecule has 0 bridgehead atoms. The van der Waals surface area contributed by atoms with Gasteiger partial charge in [-0.15, -0.1) is 0 Å². The standard InChI is InChI=1S/C16H16F3N/c1-2-16(12-5-3-4-6-13(12)17)20-10-11-7-8-14(18)15(19)9-11/h3-9,16,20H,2,10H2,1H3. The van der Waals surface area contributed by atoms with Crippen LogP contribution in [0.3, 0.4) is 0 Å². The van der Waals surface area contributed by atoms with Gasteiger partial charge in [0.15, 0.2) is 11.6 Å². The Labute approximate surface area is 116 Å². The van der Waals surface area contributed by atoms with Crippen molar-refractivity contribution in [1.82, 2.24) is 5.32 Å². The molecule has 0 aliphatic rings. The van der Waals surface area contributed by atoms with Crippen molar-refractivity contribution in [3.63, 3.8) is 0 Å². The van der Waals surface area contributed by atoms with Gasteiger partial charge in [0.25, 0.3) is 0 Å². The summed E-state index contributed by atoms with van der Waals surface area (Å²) in [5.74, 6) is -2.00. The van der Waals surface area contributed by atoms with Crippen molar-refractivity contribution in [2.75, 3.05) is 0 Å². The molecule has 20 heavy (non-hydrogen) atoms. The molecule has 2 aromatic rings. The molecule has 0 heterocycles. The van der Waals surface area contributed by atoms with Crippen LogP contribution in [0.2, 0.25) is 0 Å². The Morgan fingerprint density at radius 1 is 0.950 bits per heavy atom. The minimum absolute atomic E-state index is 0.163. The lowest BCUT2D eigenvalue weighted by molar-refractivity contribution is 0.482. The predicted octanol–water partition coefficient (Wildman–Crippen LogP) is 4.34. The molecule has 4 heteroatoms. The van der Waals surface area contributed by atoms with Crippen LogP contribution in [0, 0.1) is 17.5 Å². The van der Waals surface area contributed by atoms with Crippen molar-refractivity contribution < 1.29 is 13.2 Å². The Morgan fingerprint density at radius 3 is 2.35 bits per heavy atom. The van der Waals surface area contributed by atoms with Crippen LogP contribution in [0.15, 0.2) is 42.5 Å². The van der Waals surface area contributed by atoms with Gasteiger partial charge in [-0.1, -0.05) is 31.2 Å². The quantitative estimate of drug-likeness (QED) is 0.858. The van der Waals surface area contributed by atoms with Crippen molar-refractivity contribution in [1.29, 1.82) is 0 Å². The highest BCUT2D eigenvalue weighted by atomic mass is 19.2. The molecule has 0 radical (unpaired) electrons. The number of nitrogens with one attached hydrogen (secondary N) is 1. The molecule has 0 aromatic heterocycles. The zero-order chi connectivity index (χ0) is 14.5. The molecule has 1 N–H and O–H groups in total. The van der Waals surface area contributed by atoms with E-state index in [0.29, 0.717) is 24.1 Å². The predicted molar refractivity (Wildman–Crippen MR) is 72.6 cm³/mol. The number of benzene rings is 2. The highest BCUT2D eigenvalue weighted by Crippen LogP contribution is 2.20. The summed E-state index contributed by atoms with van der Waals surface area (Å²) in [6.45, 7) is 2.29. The Bertz CT molecular complexity index is 584. The van der Waals surface area contributed by atoms with Gasteiger partial charge < -0.3 is 5.32 Å². The van der Waals surface area contributed by atoms with Crippen LogP contribution in [0.25, 0.3) is 0 Å². The molecule has 0 amide bonds. The molecule has 0 fully saturated rings. The number of halogens is 3. The summed E-state index contributed by atoms with van der Waals surface area (Å²) < 4.78 is 39.7. The largest absolute Gasteiger partial charge is 0.306 e. The van der Waals surface area contributed by atoms with Crippen molar-refractivity contribution in [2.45, 2.75) is 25.9 Å². The van der Waals surface area contributed by atoms with E-state index in [0.717, 1.165) is 12.1 Å². The van der Waals surface area contributed by atoms with E-state index in [1.165, 1.54) is 12.1 Å². The minimum atomic E-state index is -0.872. The summed E-state index contributed by atoms with van der Waals surface area (Å²) in [5.41, 5.74) is 1.20. The van der Waals surface area contributed by atoms with Crippen LogP contribution < -0.4 is 5.32 Å². The topological polar surface area (TPSA) is 12.0 Å². The van der Waals surface area contributed by atoms with Crippen molar-refractivity contribution in [3.8, 4) is 0 Å². The van der Waals surface area contributed by atoms with Crippen molar-refractivity contribution >= 4 is 0 Å². The Balaban J connectivity index is 2.08. The van der Waals surface area contributed by atoms with Crippen LogP contribution >= 0.6 is 0 Å². The SMILES string of the molecule is CCC(NCc1ccc(F)c(F)c1)c1ccccc1F. The van der Waals surface area contributed by atoms with E-state index in [4.69, 9.17) is 0 Å². The van der Waals surface area contributed by atoms with Gasteiger partial charge in [-0.3, -0.25) is 0 Å². The van der Waals surface area contributed by atoms with E-state index in [-0.39, 0.29) is 11.9 Å². The van der Waals surface area contributed by atoms with E-state index in [1.54, 1.807) is 18.2 Å². The summed E-state index contributed by atoms with van der Waals surface area (Å²) in [7, 11) is 0. The van der Waals surface area contributed by atoms with Crippen LogP contribution in [0.4, 0.5) is 13.2 Å². The summed E-state index contributed by atoms with van der Waals surface area (Å²) in [6.07, 6.45) is 0.699. The third kappa shape index (κ3) is 3.39. The lowest BCUT2D eigenvalue weighted by atomic mass is 10.0. The molecular weight excluding hydrogens is 263 g/mol. The zero-order valence-electron chi connectivity index (χ0n) is 11.2. The lowest BCUT2D eigenvalue weighted by Gasteiger charge is -2.18. The van der Waals surface area contributed by atoms with Gasteiger partial charge in [0.1, 0.15) is 5.82 Å². The highest BCUT2D eigenvalue weighted by molar-refractivity contribution is 5.22. The van der Waals surface area contributed by atoms with Gasteiger partial charge in [-0.2, -0.15) is 0 Å². The maximum Gasteiger partial charge on any atom is 0.159 e. The number of hydrogen-bond acceptors (Lipinski definition) is 1. The van der Waals surface area contributed by atoms with Gasteiger partial charge in [0.2, 0.25) is 0 Å². The maximum absolute atomic E-state index is 13.7. The molecule has 106 valence electrons. The van der Waals surface area contributed by atoms with Gasteiger partial charge in [-0.05, 0) is 30.2 Å². The molecule has 0 saturated heterocycles. The van der Waals surface area contributed by atoms with Crippen LogP contribution in [0.1, 0.15) is 30.5 Å². The summed E-state index contributed by atoms with van der Waals surface area (Å²) in [5, 5.41) is 3.16. The summed E-state index contributed by atoms with van der Waals surface area (Å²) in [4.78, 5) is 0. The number of rotatable bonds is 5. The van der Waals surface area contributed by atoms with E-state index < -0.39 is 11.6 Å². The normalized spacial score (nSPS) is 12.4. The molecule has 1 unspecified atom stereocenters. The van der Waals surface area contributed by atoms with Crippen LogP contribution in [-0.2, 0) is 6.54 Å². The van der Waals surface area contributed by atoms with E-state index in [2.05, 4.69) is 5.32 Å². The van der Waals surface area contributed by atoms with E-state index in [1.807, 2.05) is 6.92 Å². The Morgan fingerprint density at radius 2 is 1.70 bits per heavy atom. The maximum atomic E-state index is 13.7. The first-order valence-electron chi connectivity index (χ1n) is 6.53. The molecule has 2 aromatic carbocycles. The average Bonchev–Trinajstić information content (AvgIpc) is 2.45. The fourth-order valence-electron chi connectivity index (χ4n) is 2.12. The second-order valence-electron chi connectivity index (χ2n) is 4.61. The fourth-order valence-corrected chi connectivity index (χ4v) is 2.12. The Kier molecular flexibility index (Phi) is 4.79. The zero-order valence-corrected chi connectivity index (χ0v) is 11.2. The second-order valence-corrected chi connectivity index (χ2v) is 4.61. The van der Waals surface area contributed by atoms with E-state index >= 15 is 0 Å². The molecule has 0 aliphatic heterocycles. The van der Waals surface area contributed by atoms with Gasteiger partial charge in [0, 0.05) is 18.2 Å². The monoisotopic (exact) mass is 279 g/mol. The molecule has 2 rings (SSSR count). The second kappa shape index (κ2) is 6.57. The molecule has 0 aliphatic carbocycles. The van der Waals surface area contributed by atoms with Crippen molar-refractivity contribution in [2.24, 2.45) is 0 Å². The lowest BCUT2D eigenvalue weighted by Crippen LogP contribution is -2.21. The molecule has 0 spiro atoms. The fraction of sp³-hybridized carbons (Fsp3) is 0.250. The Hall–Kier alpha value is -1.81. The number of hydrogen-bond donors (Lipinski definition) is 1. The van der Waals surface area contributed by atoms with Crippen molar-refractivity contribution in [3.05, 3.63) is 71.0 Å². The third-order valence-corrected chi connectivity index (χ3v) is 3.23. The smallest absolute Gasteiger partial charge is 0.159 e. The van der Waals surface area contributed by atoms with Gasteiger partial charge in [-0.25, -0.2) is 13.2 Å². The summed E-state index contributed by atoms with van der Waals surface area (Å²) in [6, 6.07) is 10.1. The summed E-state index contributed by atoms with van der Waals surface area (Å²) >= 11 is 0. The first-order valence-corrected chi connectivity index (χ1v) is 6.53. The minimum Gasteiger partial charge on any atom is -0.306 e. The van der Waals surface area contributed by atoms with Gasteiger partial charge >= 0.3 is 0 Å². The third-order valence-electron chi connectivity index (χ3n) is 3.23. The van der Waals surface area contributed by atoms with Crippen LogP contribution in [-0.4, -0.2) is 0 Å². The van der Waals surface area contributed by atoms with Crippen LogP contribution in [0.5, 0.6) is 0 Å². The van der Waals surface area contributed by atoms with E-state index in [9.17, 15) is 13.2 Å². The molecule has 0 saturated carbocycles.